The molecule has 3 aromatic rings. The summed E-state index contributed by atoms with van der Waals surface area (Å²) in [7, 11) is 0. The third-order valence-electron chi connectivity index (χ3n) is 3.83. The molecule has 1 aliphatic carbocycles. The number of pyridine rings is 1. The van der Waals surface area contributed by atoms with E-state index < -0.39 is 0 Å². The lowest BCUT2D eigenvalue weighted by Crippen LogP contribution is -2.28. The standard InChI is InChI=1S/C17H16N4O2S/c22-16(21-17-20-15(10-24-17)12-2-3-12)19-8-11-1-4-14(18-7-11)13-5-6-23-9-13/h1,4-7,9-10,12H,2-3,8H2,(H2,19,20,21,22). The van der Waals surface area contributed by atoms with Crippen LogP contribution in [-0.2, 0) is 6.54 Å². The lowest BCUT2D eigenvalue weighted by molar-refractivity contribution is 0.251. The first kappa shape index (κ1) is 14.9. The Balaban J connectivity index is 1.30. The predicted molar refractivity (Wildman–Crippen MR) is 91.9 cm³/mol. The van der Waals surface area contributed by atoms with Crippen molar-refractivity contribution in [3.05, 3.63) is 53.6 Å². The SMILES string of the molecule is O=C(NCc1ccc(-c2ccoc2)nc1)Nc1nc(C2CC2)cs1. The molecule has 0 unspecified atom stereocenters. The van der Waals surface area contributed by atoms with Crippen LogP contribution in [0, 0.1) is 0 Å². The van der Waals surface area contributed by atoms with Crippen LogP contribution in [0.1, 0.15) is 30.0 Å². The average molecular weight is 340 g/mol. The predicted octanol–water partition coefficient (Wildman–Crippen LogP) is 4.00. The minimum absolute atomic E-state index is 0.259. The van der Waals surface area contributed by atoms with Crippen molar-refractivity contribution in [2.24, 2.45) is 0 Å². The summed E-state index contributed by atoms with van der Waals surface area (Å²) < 4.78 is 5.04. The highest BCUT2D eigenvalue weighted by Gasteiger charge is 2.26. The number of furan rings is 1. The zero-order valence-electron chi connectivity index (χ0n) is 12.9. The summed E-state index contributed by atoms with van der Waals surface area (Å²) >= 11 is 1.46. The minimum atomic E-state index is -0.259. The zero-order chi connectivity index (χ0) is 16.4. The molecule has 2 amide bonds. The van der Waals surface area contributed by atoms with E-state index in [0.717, 1.165) is 22.5 Å². The molecule has 6 nitrogen and oxygen atoms in total. The van der Waals surface area contributed by atoms with Crippen molar-refractivity contribution in [3.63, 3.8) is 0 Å². The van der Waals surface area contributed by atoms with Crippen molar-refractivity contribution in [1.82, 2.24) is 15.3 Å². The molecule has 7 heteroatoms. The van der Waals surface area contributed by atoms with E-state index in [-0.39, 0.29) is 6.03 Å². The van der Waals surface area contributed by atoms with E-state index in [1.807, 2.05) is 23.6 Å². The molecule has 0 aromatic carbocycles. The number of rotatable bonds is 5. The van der Waals surface area contributed by atoms with Gasteiger partial charge in [-0.3, -0.25) is 10.3 Å². The number of nitrogens with one attached hydrogen (secondary N) is 2. The van der Waals surface area contributed by atoms with Crippen LogP contribution in [0.5, 0.6) is 0 Å². The first-order valence-corrected chi connectivity index (χ1v) is 8.64. The number of nitrogens with zero attached hydrogens (tertiary/aromatic N) is 2. The third kappa shape index (κ3) is 3.46. The normalized spacial score (nSPS) is 13.7. The van der Waals surface area contributed by atoms with Crippen molar-refractivity contribution >= 4 is 22.5 Å². The number of carbonyl (C=O) groups excluding carboxylic acids is 1. The summed E-state index contributed by atoms with van der Waals surface area (Å²) in [5.74, 6) is 0.597. The van der Waals surface area contributed by atoms with E-state index in [4.69, 9.17) is 4.42 Å². The number of aromatic nitrogens is 2. The lowest BCUT2D eigenvalue weighted by atomic mass is 10.2. The summed E-state index contributed by atoms with van der Waals surface area (Å²) in [6, 6.07) is 5.44. The first-order valence-electron chi connectivity index (χ1n) is 7.76. The molecule has 1 saturated carbocycles. The minimum Gasteiger partial charge on any atom is -0.472 e. The maximum absolute atomic E-state index is 11.9. The van der Waals surface area contributed by atoms with Gasteiger partial charge in [-0.05, 0) is 30.5 Å². The molecule has 0 radical (unpaired) electrons. The second kappa shape index (κ2) is 6.45. The Morgan fingerprint density at radius 2 is 2.25 bits per heavy atom. The topological polar surface area (TPSA) is 80.0 Å². The fraction of sp³-hybridized carbons (Fsp3) is 0.235. The van der Waals surface area contributed by atoms with Gasteiger partial charge in [-0.25, -0.2) is 9.78 Å². The van der Waals surface area contributed by atoms with Crippen LogP contribution < -0.4 is 10.6 Å². The van der Waals surface area contributed by atoms with E-state index in [0.29, 0.717) is 17.6 Å². The van der Waals surface area contributed by atoms with Crippen LogP contribution in [0.25, 0.3) is 11.3 Å². The summed E-state index contributed by atoms with van der Waals surface area (Å²) in [5.41, 5.74) is 3.79. The molecule has 122 valence electrons. The molecule has 0 bridgehead atoms. The van der Waals surface area contributed by atoms with Gasteiger partial charge in [0.25, 0.3) is 0 Å². The highest BCUT2D eigenvalue weighted by molar-refractivity contribution is 7.13. The lowest BCUT2D eigenvalue weighted by Gasteiger charge is -2.06. The van der Waals surface area contributed by atoms with Crippen molar-refractivity contribution in [2.45, 2.75) is 25.3 Å². The Kier molecular flexibility index (Phi) is 4.00. The number of carbonyl (C=O) groups is 1. The zero-order valence-corrected chi connectivity index (χ0v) is 13.7. The fourth-order valence-corrected chi connectivity index (χ4v) is 3.13. The molecule has 0 atom stereocenters. The molecule has 24 heavy (non-hydrogen) atoms. The molecule has 4 rings (SSSR count). The van der Waals surface area contributed by atoms with Crippen molar-refractivity contribution in [2.75, 3.05) is 5.32 Å². The Hall–Kier alpha value is -2.67. The van der Waals surface area contributed by atoms with Crippen LogP contribution in [0.4, 0.5) is 9.93 Å². The van der Waals surface area contributed by atoms with E-state index in [9.17, 15) is 4.79 Å². The summed E-state index contributed by atoms with van der Waals surface area (Å²) in [6.45, 7) is 0.408. The Morgan fingerprint density at radius 3 is 2.96 bits per heavy atom. The number of hydrogen-bond acceptors (Lipinski definition) is 5. The maximum Gasteiger partial charge on any atom is 0.321 e. The van der Waals surface area contributed by atoms with Gasteiger partial charge in [-0.15, -0.1) is 11.3 Å². The molecule has 3 heterocycles. The third-order valence-corrected chi connectivity index (χ3v) is 4.61. The molecule has 2 N–H and O–H groups in total. The second-order valence-electron chi connectivity index (χ2n) is 5.72. The summed E-state index contributed by atoms with van der Waals surface area (Å²) in [5, 5.41) is 8.25. The van der Waals surface area contributed by atoms with Gasteiger partial charge in [0.1, 0.15) is 0 Å². The number of thiazole rings is 1. The average Bonchev–Trinajstić information content (AvgIpc) is 3.10. The van der Waals surface area contributed by atoms with Gasteiger partial charge >= 0.3 is 6.03 Å². The molecule has 0 spiro atoms. The van der Waals surface area contributed by atoms with Crippen LogP contribution >= 0.6 is 11.3 Å². The van der Waals surface area contributed by atoms with E-state index in [2.05, 4.69) is 20.6 Å². The number of amides is 2. The first-order chi connectivity index (χ1) is 11.8. The number of hydrogen-bond donors (Lipinski definition) is 2. The number of anilines is 1. The van der Waals surface area contributed by atoms with E-state index >= 15 is 0 Å². The highest BCUT2D eigenvalue weighted by atomic mass is 32.1. The molecule has 3 aromatic heterocycles. The Morgan fingerprint density at radius 1 is 1.33 bits per heavy atom. The van der Waals surface area contributed by atoms with Gasteiger partial charge in [-0.2, -0.15) is 0 Å². The maximum atomic E-state index is 11.9. The van der Waals surface area contributed by atoms with E-state index in [1.165, 1.54) is 24.2 Å². The van der Waals surface area contributed by atoms with Crippen LogP contribution in [-0.4, -0.2) is 16.0 Å². The Bertz CT molecular complexity index is 823. The van der Waals surface area contributed by atoms with Crippen LogP contribution in [0.15, 0.2) is 46.7 Å². The second-order valence-corrected chi connectivity index (χ2v) is 6.58. The van der Waals surface area contributed by atoms with Crippen molar-refractivity contribution < 1.29 is 9.21 Å². The molecular formula is C17H16N4O2S. The van der Waals surface area contributed by atoms with Crippen LogP contribution in [0.2, 0.25) is 0 Å². The van der Waals surface area contributed by atoms with Crippen LogP contribution in [0.3, 0.4) is 0 Å². The quantitative estimate of drug-likeness (QED) is 0.736. The highest BCUT2D eigenvalue weighted by Crippen LogP contribution is 2.40. The van der Waals surface area contributed by atoms with Gasteiger partial charge in [0.2, 0.25) is 0 Å². The molecule has 1 aliphatic rings. The monoisotopic (exact) mass is 340 g/mol. The van der Waals surface area contributed by atoms with Crippen molar-refractivity contribution in [3.8, 4) is 11.3 Å². The smallest absolute Gasteiger partial charge is 0.321 e. The molecule has 0 saturated heterocycles. The Labute approximate surface area is 142 Å². The van der Waals surface area contributed by atoms with Crippen molar-refractivity contribution in [1.29, 1.82) is 0 Å². The van der Waals surface area contributed by atoms with Gasteiger partial charge in [-0.1, -0.05) is 6.07 Å². The van der Waals surface area contributed by atoms with Gasteiger partial charge in [0.15, 0.2) is 5.13 Å². The van der Waals surface area contributed by atoms with Gasteiger partial charge in [0.05, 0.1) is 23.9 Å². The van der Waals surface area contributed by atoms with Gasteiger partial charge < -0.3 is 9.73 Å². The molecule has 1 fully saturated rings. The van der Waals surface area contributed by atoms with Gasteiger partial charge in [0, 0.05) is 29.6 Å². The fourth-order valence-electron chi connectivity index (χ4n) is 2.34. The molecular weight excluding hydrogens is 324 g/mol. The summed E-state index contributed by atoms with van der Waals surface area (Å²) in [4.78, 5) is 20.7. The molecule has 0 aliphatic heterocycles. The van der Waals surface area contributed by atoms with E-state index in [1.54, 1.807) is 18.7 Å². The number of urea groups is 1. The summed E-state index contributed by atoms with van der Waals surface area (Å²) in [6.07, 6.45) is 7.42. The largest absolute Gasteiger partial charge is 0.472 e.